The topological polar surface area (TPSA) is 103 Å². The molecule has 0 fully saturated rings. The molecule has 0 unspecified atom stereocenters. The van der Waals surface area contributed by atoms with Crippen molar-refractivity contribution in [3.63, 3.8) is 0 Å². The number of rotatable bonds is 11. The lowest BCUT2D eigenvalue weighted by molar-refractivity contribution is -0.143. The van der Waals surface area contributed by atoms with E-state index >= 15 is 0 Å². The van der Waals surface area contributed by atoms with Crippen molar-refractivity contribution >= 4 is 40.9 Å². The Morgan fingerprint density at radius 2 is 1.92 bits per heavy atom. The number of cyclic esters (lactones) is 1. The maximum Gasteiger partial charge on any atom is 0.341 e. The average molecular weight is 543 g/mol. The predicted octanol–water partition coefficient (Wildman–Crippen LogP) is 6.83. The molecular formula is C29H35ClN2O6. The Balaban J connectivity index is 1.84. The second kappa shape index (κ2) is 13.3. The number of hydrogen-bond acceptors (Lipinski definition) is 6. The van der Waals surface area contributed by atoms with Gasteiger partial charge < -0.3 is 24.8 Å². The van der Waals surface area contributed by atoms with Gasteiger partial charge in [0.25, 0.3) is 0 Å². The third-order valence-corrected chi connectivity index (χ3v) is 6.70. The number of fused-ring (bicyclic) bond motifs is 1. The molecule has 0 atom stereocenters. The van der Waals surface area contributed by atoms with Gasteiger partial charge in [-0.25, -0.2) is 9.59 Å². The van der Waals surface area contributed by atoms with Gasteiger partial charge in [0.2, 0.25) is 0 Å². The number of esters is 2. The van der Waals surface area contributed by atoms with E-state index < -0.39 is 12.0 Å². The van der Waals surface area contributed by atoms with E-state index in [9.17, 15) is 14.4 Å². The van der Waals surface area contributed by atoms with Crippen LogP contribution in [0, 0.1) is 12.8 Å². The predicted molar refractivity (Wildman–Crippen MR) is 148 cm³/mol. The Morgan fingerprint density at radius 3 is 2.61 bits per heavy atom. The van der Waals surface area contributed by atoms with Crippen molar-refractivity contribution in [2.75, 3.05) is 24.4 Å². The van der Waals surface area contributed by atoms with Gasteiger partial charge in [0, 0.05) is 17.5 Å². The van der Waals surface area contributed by atoms with Crippen molar-refractivity contribution < 1.29 is 28.6 Å². The van der Waals surface area contributed by atoms with Crippen molar-refractivity contribution in [1.82, 2.24) is 0 Å². The number of halogens is 1. The Hall–Kier alpha value is -3.52. The van der Waals surface area contributed by atoms with Crippen LogP contribution in [0.15, 0.2) is 35.9 Å². The fraction of sp³-hybridized carbons (Fsp3) is 0.414. The van der Waals surface area contributed by atoms with E-state index in [2.05, 4.69) is 24.5 Å². The molecule has 1 heterocycles. The average Bonchev–Trinajstić information content (AvgIpc) is 3.26. The van der Waals surface area contributed by atoms with Crippen LogP contribution in [0.1, 0.15) is 67.1 Å². The molecule has 2 N–H and O–H groups in total. The molecule has 0 aliphatic carbocycles. The summed E-state index contributed by atoms with van der Waals surface area (Å²) < 4.78 is 16.3. The highest BCUT2D eigenvalue weighted by atomic mass is 35.5. The first-order chi connectivity index (χ1) is 18.1. The number of hydrogen-bond donors (Lipinski definition) is 2. The summed E-state index contributed by atoms with van der Waals surface area (Å²) in [6.45, 7) is 8.48. The molecule has 2 aromatic carbocycles. The largest absolute Gasteiger partial charge is 0.496 e. The Morgan fingerprint density at radius 1 is 1.18 bits per heavy atom. The Kier molecular flexibility index (Phi) is 10.2. The minimum atomic E-state index is -0.558. The highest BCUT2D eigenvalue weighted by Crippen LogP contribution is 2.41. The molecule has 38 heavy (non-hydrogen) atoms. The molecule has 2 aromatic rings. The molecule has 0 aromatic heterocycles. The number of amides is 2. The summed E-state index contributed by atoms with van der Waals surface area (Å²) in [7, 11) is 1.55. The van der Waals surface area contributed by atoms with Gasteiger partial charge in [0.15, 0.2) is 0 Å². The van der Waals surface area contributed by atoms with Crippen molar-refractivity contribution in [3.05, 3.63) is 63.2 Å². The maximum atomic E-state index is 13.0. The number of anilines is 2. The first kappa shape index (κ1) is 29.0. The van der Waals surface area contributed by atoms with Gasteiger partial charge in [-0.15, -0.1) is 0 Å². The summed E-state index contributed by atoms with van der Waals surface area (Å²) in [6.07, 6.45) is 3.96. The third kappa shape index (κ3) is 7.28. The van der Waals surface area contributed by atoms with Crippen molar-refractivity contribution in [3.8, 4) is 5.75 Å². The second-order valence-corrected chi connectivity index (χ2v) is 10.1. The third-order valence-electron chi connectivity index (χ3n) is 6.37. The van der Waals surface area contributed by atoms with Gasteiger partial charge in [-0.05, 0) is 56.7 Å². The van der Waals surface area contributed by atoms with Crippen LogP contribution in [0.25, 0.3) is 0 Å². The maximum absolute atomic E-state index is 13.0. The van der Waals surface area contributed by atoms with Crippen LogP contribution in [-0.4, -0.2) is 31.7 Å². The molecule has 9 heteroatoms. The monoisotopic (exact) mass is 542 g/mol. The minimum Gasteiger partial charge on any atom is -0.496 e. The molecule has 1 aliphatic rings. The van der Waals surface area contributed by atoms with E-state index in [0.29, 0.717) is 64.2 Å². The normalized spacial score (nSPS) is 12.7. The van der Waals surface area contributed by atoms with Crippen LogP contribution in [-0.2, 0) is 27.3 Å². The quantitative estimate of drug-likeness (QED) is 0.238. The summed E-state index contributed by atoms with van der Waals surface area (Å²) in [5.74, 6) is 0.296. The van der Waals surface area contributed by atoms with E-state index in [0.717, 1.165) is 17.6 Å². The van der Waals surface area contributed by atoms with Gasteiger partial charge in [0.05, 0.1) is 35.7 Å². The SMILES string of the molecule is COc1c(C)c2c(c(NC(=O)Nc3ccccc3Cl)c1C/C=C(\C)CCC(=O)OCCC(C)C)C(=O)OC2. The fourth-order valence-corrected chi connectivity index (χ4v) is 4.36. The van der Waals surface area contributed by atoms with Crippen LogP contribution in [0.5, 0.6) is 5.75 Å². The molecule has 0 spiro atoms. The molecule has 2 amide bonds. The van der Waals surface area contributed by atoms with E-state index in [-0.39, 0.29) is 19.0 Å². The molecule has 1 aliphatic heterocycles. The van der Waals surface area contributed by atoms with E-state index in [1.807, 2.05) is 19.9 Å². The Bertz CT molecular complexity index is 1240. The molecule has 0 radical (unpaired) electrons. The van der Waals surface area contributed by atoms with Gasteiger partial charge >= 0.3 is 18.0 Å². The van der Waals surface area contributed by atoms with Crippen LogP contribution in [0.4, 0.5) is 16.2 Å². The first-order valence-corrected chi connectivity index (χ1v) is 13.0. The number of ether oxygens (including phenoxy) is 3. The number of urea groups is 1. The van der Waals surface area contributed by atoms with E-state index in [4.69, 9.17) is 25.8 Å². The molecule has 204 valence electrons. The van der Waals surface area contributed by atoms with Gasteiger partial charge in [-0.3, -0.25) is 4.79 Å². The van der Waals surface area contributed by atoms with Crippen molar-refractivity contribution in [2.24, 2.45) is 5.92 Å². The zero-order chi connectivity index (χ0) is 27.8. The number of carbonyl (C=O) groups is 3. The minimum absolute atomic E-state index is 0.102. The van der Waals surface area contributed by atoms with Crippen molar-refractivity contribution in [1.29, 1.82) is 0 Å². The molecular weight excluding hydrogens is 508 g/mol. The highest BCUT2D eigenvalue weighted by Gasteiger charge is 2.32. The van der Waals surface area contributed by atoms with Gasteiger partial charge in [-0.1, -0.05) is 49.2 Å². The number of nitrogens with one attached hydrogen (secondary N) is 2. The van der Waals surface area contributed by atoms with E-state index in [1.165, 1.54) is 0 Å². The molecule has 8 nitrogen and oxygen atoms in total. The first-order valence-electron chi connectivity index (χ1n) is 12.7. The fourth-order valence-electron chi connectivity index (χ4n) is 4.18. The second-order valence-electron chi connectivity index (χ2n) is 9.66. The molecule has 0 saturated carbocycles. The zero-order valence-electron chi connectivity index (χ0n) is 22.5. The van der Waals surface area contributed by atoms with Crippen LogP contribution >= 0.6 is 11.6 Å². The standard InChI is InChI=1S/C29H35ClN2O6/c1-17(2)14-15-37-24(33)13-11-18(3)10-12-20-26(32-29(35)31-23-9-7-6-8-22(23)30)25-21(16-38-28(25)34)19(4)27(20)36-5/h6-10,17H,11-16H2,1-5H3,(H2,31,32,35)/b18-10+. The smallest absolute Gasteiger partial charge is 0.341 e. The lowest BCUT2D eigenvalue weighted by atomic mass is 9.93. The number of carbonyl (C=O) groups excluding carboxylic acids is 3. The summed E-state index contributed by atoms with van der Waals surface area (Å²) in [6, 6.07) is 6.30. The van der Waals surface area contributed by atoms with Crippen LogP contribution < -0.4 is 15.4 Å². The number of benzene rings is 2. The van der Waals surface area contributed by atoms with Crippen LogP contribution in [0.3, 0.4) is 0 Å². The summed E-state index contributed by atoms with van der Waals surface area (Å²) in [5.41, 5.74) is 4.13. The molecule has 0 bridgehead atoms. The van der Waals surface area contributed by atoms with Crippen molar-refractivity contribution in [2.45, 2.75) is 60.0 Å². The molecule has 3 rings (SSSR count). The number of para-hydroxylation sites is 1. The molecule has 0 saturated heterocycles. The highest BCUT2D eigenvalue weighted by molar-refractivity contribution is 6.33. The van der Waals surface area contributed by atoms with Gasteiger partial charge in [0.1, 0.15) is 12.4 Å². The van der Waals surface area contributed by atoms with Gasteiger partial charge in [-0.2, -0.15) is 0 Å². The summed E-state index contributed by atoms with van der Waals surface area (Å²) >= 11 is 6.19. The summed E-state index contributed by atoms with van der Waals surface area (Å²) in [5, 5.41) is 5.94. The number of methoxy groups -OCH3 is 1. The lowest BCUT2D eigenvalue weighted by Gasteiger charge is -2.20. The lowest BCUT2D eigenvalue weighted by Crippen LogP contribution is -2.22. The number of allylic oxidation sites excluding steroid dienone is 2. The van der Waals surface area contributed by atoms with Crippen LogP contribution in [0.2, 0.25) is 5.02 Å². The summed E-state index contributed by atoms with van der Waals surface area (Å²) in [4.78, 5) is 37.8. The van der Waals surface area contributed by atoms with E-state index in [1.54, 1.807) is 31.4 Å². The Labute approximate surface area is 228 Å². The zero-order valence-corrected chi connectivity index (χ0v) is 23.3.